The molecule has 0 bridgehead atoms. The molecule has 0 spiro atoms. The van der Waals surface area contributed by atoms with E-state index in [4.69, 9.17) is 12.2 Å². The minimum Gasteiger partial charge on any atom is -0.511 e. The molecule has 1 rings (SSSR count). The van der Waals surface area contributed by atoms with Crippen LogP contribution in [-0.2, 0) is 0 Å². The van der Waals surface area contributed by atoms with Gasteiger partial charge in [0.15, 0.2) is 0 Å². The summed E-state index contributed by atoms with van der Waals surface area (Å²) in [5, 5.41) is 20.8. The third-order valence-corrected chi connectivity index (χ3v) is 2.66. The smallest absolute Gasteiger partial charge is 0.110 e. The van der Waals surface area contributed by atoms with E-state index in [1.165, 1.54) is 0 Å². The van der Waals surface area contributed by atoms with Crippen LogP contribution in [-0.4, -0.2) is 42.0 Å². The SMILES string of the molecule is C=C(O)CN1N=CC(NC)=C(C(=S)NC)C1=C. The van der Waals surface area contributed by atoms with Crippen molar-refractivity contribution < 1.29 is 5.11 Å². The maximum Gasteiger partial charge on any atom is 0.110 e. The van der Waals surface area contributed by atoms with E-state index in [-0.39, 0.29) is 12.3 Å². The molecule has 0 aromatic rings. The second-order valence-electron chi connectivity index (χ2n) is 3.43. The van der Waals surface area contributed by atoms with Crippen molar-refractivity contribution in [3.8, 4) is 0 Å². The monoisotopic (exact) mass is 252 g/mol. The summed E-state index contributed by atoms with van der Waals surface area (Å²) in [6.45, 7) is 7.56. The second kappa shape index (κ2) is 5.49. The first-order chi connectivity index (χ1) is 8.01. The van der Waals surface area contributed by atoms with Gasteiger partial charge in [0.25, 0.3) is 0 Å². The van der Waals surface area contributed by atoms with Gasteiger partial charge in [0.1, 0.15) is 10.7 Å². The average molecular weight is 252 g/mol. The molecule has 0 saturated carbocycles. The number of nitrogens with one attached hydrogen (secondary N) is 2. The van der Waals surface area contributed by atoms with Gasteiger partial charge in [-0.25, -0.2) is 0 Å². The van der Waals surface area contributed by atoms with E-state index in [1.54, 1.807) is 25.3 Å². The lowest BCUT2D eigenvalue weighted by Gasteiger charge is -2.28. The van der Waals surface area contributed by atoms with Crippen LogP contribution >= 0.6 is 12.2 Å². The first-order valence-electron chi connectivity index (χ1n) is 5.03. The Balaban J connectivity index is 3.06. The quantitative estimate of drug-likeness (QED) is 0.512. The largest absolute Gasteiger partial charge is 0.511 e. The summed E-state index contributed by atoms with van der Waals surface area (Å²) in [6.07, 6.45) is 1.64. The molecule has 6 heteroatoms. The van der Waals surface area contributed by atoms with Crippen molar-refractivity contribution in [3.63, 3.8) is 0 Å². The fourth-order valence-corrected chi connectivity index (χ4v) is 1.65. The highest BCUT2D eigenvalue weighted by atomic mass is 32.1. The van der Waals surface area contributed by atoms with Gasteiger partial charge in [0.2, 0.25) is 0 Å². The molecule has 5 nitrogen and oxygen atoms in total. The highest BCUT2D eigenvalue weighted by Gasteiger charge is 2.22. The fraction of sp³-hybridized carbons (Fsp3) is 0.273. The third kappa shape index (κ3) is 2.85. The highest BCUT2D eigenvalue weighted by Crippen LogP contribution is 2.21. The minimum atomic E-state index is 0.0194. The Kier molecular flexibility index (Phi) is 4.28. The molecule has 1 aliphatic heterocycles. The van der Waals surface area contributed by atoms with E-state index in [2.05, 4.69) is 28.9 Å². The van der Waals surface area contributed by atoms with Gasteiger partial charge in [0.05, 0.1) is 29.7 Å². The Hall–Kier alpha value is -1.82. The van der Waals surface area contributed by atoms with Gasteiger partial charge in [-0.2, -0.15) is 5.10 Å². The molecule has 1 aliphatic rings. The Morgan fingerprint density at radius 3 is 2.71 bits per heavy atom. The van der Waals surface area contributed by atoms with Crippen molar-refractivity contribution in [2.24, 2.45) is 5.10 Å². The topological polar surface area (TPSA) is 59.9 Å². The summed E-state index contributed by atoms with van der Waals surface area (Å²) in [6, 6.07) is 0. The average Bonchev–Trinajstić information content (AvgIpc) is 2.30. The van der Waals surface area contributed by atoms with Gasteiger partial charge >= 0.3 is 0 Å². The fourth-order valence-electron chi connectivity index (χ4n) is 1.42. The number of likely N-dealkylation sites (N-methyl/N-ethyl adjacent to an activating group) is 1. The lowest BCUT2D eigenvalue weighted by molar-refractivity contribution is 0.310. The number of nitrogens with zero attached hydrogens (tertiary/aromatic N) is 2. The summed E-state index contributed by atoms with van der Waals surface area (Å²) < 4.78 is 0. The molecule has 0 aliphatic carbocycles. The van der Waals surface area contributed by atoms with Crippen molar-refractivity contribution in [1.29, 1.82) is 0 Å². The first kappa shape index (κ1) is 13.2. The van der Waals surface area contributed by atoms with Gasteiger partial charge in [-0.05, 0) is 0 Å². The molecule has 0 amide bonds. The lowest BCUT2D eigenvalue weighted by Crippen LogP contribution is -2.33. The molecule has 92 valence electrons. The number of aliphatic hydroxyl groups excluding tert-OH is 1. The Morgan fingerprint density at radius 2 is 2.24 bits per heavy atom. The zero-order valence-corrected chi connectivity index (χ0v) is 10.8. The van der Waals surface area contributed by atoms with E-state index in [1.807, 2.05) is 0 Å². The van der Waals surface area contributed by atoms with Crippen molar-refractivity contribution in [2.75, 3.05) is 20.6 Å². The van der Waals surface area contributed by atoms with Crippen LogP contribution in [0.4, 0.5) is 0 Å². The summed E-state index contributed by atoms with van der Waals surface area (Å²) in [5.41, 5.74) is 2.17. The summed E-state index contributed by atoms with van der Waals surface area (Å²) in [5.74, 6) is 0.0194. The van der Waals surface area contributed by atoms with Crippen molar-refractivity contribution in [3.05, 3.63) is 35.9 Å². The van der Waals surface area contributed by atoms with Gasteiger partial charge < -0.3 is 15.7 Å². The molecule has 0 unspecified atom stereocenters. The molecule has 0 saturated heterocycles. The molecular formula is C11H16N4OS. The number of hydrogen-bond acceptors (Lipinski definition) is 5. The molecule has 1 heterocycles. The molecule has 0 aromatic heterocycles. The van der Waals surface area contributed by atoms with Crippen LogP contribution in [0.2, 0.25) is 0 Å². The summed E-state index contributed by atoms with van der Waals surface area (Å²) in [7, 11) is 3.53. The number of aliphatic hydroxyl groups is 1. The van der Waals surface area contributed by atoms with E-state index in [0.29, 0.717) is 10.7 Å². The van der Waals surface area contributed by atoms with Gasteiger partial charge in [0, 0.05) is 14.1 Å². The molecule has 0 atom stereocenters. The molecule has 17 heavy (non-hydrogen) atoms. The van der Waals surface area contributed by atoms with E-state index < -0.39 is 0 Å². The highest BCUT2D eigenvalue weighted by molar-refractivity contribution is 7.80. The van der Waals surface area contributed by atoms with Crippen molar-refractivity contribution >= 4 is 23.4 Å². The number of rotatable bonds is 4. The van der Waals surface area contributed by atoms with E-state index in [0.717, 1.165) is 11.3 Å². The maximum atomic E-state index is 9.20. The molecule has 3 N–H and O–H groups in total. The number of thiocarbonyl (C=S) groups is 1. The first-order valence-corrected chi connectivity index (χ1v) is 5.43. The minimum absolute atomic E-state index is 0.0194. The Bertz CT molecular complexity index is 425. The molecular weight excluding hydrogens is 236 g/mol. The predicted molar refractivity (Wildman–Crippen MR) is 73.9 cm³/mol. The van der Waals surface area contributed by atoms with Crippen LogP contribution in [0.15, 0.2) is 41.0 Å². The molecule has 0 radical (unpaired) electrons. The second-order valence-corrected chi connectivity index (χ2v) is 3.84. The standard InChI is InChI=1S/C11H16N4OS/c1-7(16)6-15-8(2)10(11(17)13-4)9(12-3)5-14-15/h5,12,16H,1-2,6H2,3-4H3,(H,13,17). The summed E-state index contributed by atoms with van der Waals surface area (Å²) >= 11 is 5.22. The van der Waals surface area contributed by atoms with Crippen molar-refractivity contribution in [2.45, 2.75) is 0 Å². The Labute approximate surface area is 106 Å². The van der Waals surface area contributed by atoms with Crippen molar-refractivity contribution in [1.82, 2.24) is 15.6 Å². The predicted octanol–water partition coefficient (Wildman–Crippen LogP) is 0.893. The van der Waals surface area contributed by atoms with Crippen LogP contribution in [0.5, 0.6) is 0 Å². The van der Waals surface area contributed by atoms with Gasteiger partial charge in [-0.3, -0.25) is 5.01 Å². The molecule has 0 fully saturated rings. The summed E-state index contributed by atoms with van der Waals surface area (Å²) in [4.78, 5) is 0.569. The van der Waals surface area contributed by atoms with Gasteiger partial charge in [-0.15, -0.1) is 0 Å². The van der Waals surface area contributed by atoms with Crippen LogP contribution < -0.4 is 10.6 Å². The number of hydrazone groups is 1. The number of hydrogen-bond donors (Lipinski definition) is 3. The van der Waals surface area contributed by atoms with E-state index in [9.17, 15) is 5.11 Å². The van der Waals surface area contributed by atoms with Crippen LogP contribution in [0.1, 0.15) is 0 Å². The van der Waals surface area contributed by atoms with Crippen LogP contribution in [0.3, 0.4) is 0 Å². The third-order valence-electron chi connectivity index (χ3n) is 2.25. The van der Waals surface area contributed by atoms with E-state index >= 15 is 0 Å². The normalized spacial score (nSPS) is 14.9. The van der Waals surface area contributed by atoms with Crippen LogP contribution in [0, 0.1) is 0 Å². The zero-order chi connectivity index (χ0) is 13.0. The van der Waals surface area contributed by atoms with Crippen LogP contribution in [0.25, 0.3) is 0 Å². The number of allylic oxidation sites excluding steroid dienone is 1. The lowest BCUT2D eigenvalue weighted by atomic mass is 10.1. The zero-order valence-electron chi connectivity index (χ0n) is 9.95. The molecule has 0 aromatic carbocycles. The Morgan fingerprint density at radius 1 is 1.59 bits per heavy atom. The van der Waals surface area contributed by atoms with Gasteiger partial charge in [-0.1, -0.05) is 25.4 Å². The maximum absolute atomic E-state index is 9.20.